The van der Waals surface area contributed by atoms with Crippen LogP contribution in [0.2, 0.25) is 0 Å². The molecule has 0 saturated carbocycles. The van der Waals surface area contributed by atoms with E-state index in [0.717, 1.165) is 37.8 Å². The van der Waals surface area contributed by atoms with Crippen molar-refractivity contribution in [2.75, 3.05) is 31.1 Å². The first-order chi connectivity index (χ1) is 7.27. The highest BCUT2D eigenvalue weighted by Gasteiger charge is 2.13. The summed E-state index contributed by atoms with van der Waals surface area (Å²) in [6, 6.07) is 2.00. The molecule has 1 aliphatic heterocycles. The zero-order valence-corrected chi connectivity index (χ0v) is 9.40. The van der Waals surface area contributed by atoms with Crippen LogP contribution >= 0.6 is 0 Å². The number of anilines is 1. The molecule has 0 amide bonds. The van der Waals surface area contributed by atoms with Crippen molar-refractivity contribution >= 4 is 5.95 Å². The molecule has 82 valence electrons. The van der Waals surface area contributed by atoms with Crippen LogP contribution in [0.1, 0.15) is 25.5 Å². The van der Waals surface area contributed by atoms with Crippen LogP contribution in [0.5, 0.6) is 0 Å². The molecule has 2 heterocycles. The van der Waals surface area contributed by atoms with Gasteiger partial charge in [0.1, 0.15) is 0 Å². The smallest absolute Gasteiger partial charge is 0.225 e. The molecule has 4 heteroatoms. The first kappa shape index (κ1) is 10.4. The molecular weight excluding hydrogens is 188 g/mol. The Morgan fingerprint density at radius 2 is 2.07 bits per heavy atom. The van der Waals surface area contributed by atoms with Gasteiger partial charge in [-0.2, -0.15) is 0 Å². The van der Waals surface area contributed by atoms with Crippen molar-refractivity contribution in [1.82, 2.24) is 15.3 Å². The molecule has 1 fully saturated rings. The van der Waals surface area contributed by atoms with Crippen LogP contribution in [0, 0.1) is 0 Å². The molecule has 1 saturated heterocycles. The summed E-state index contributed by atoms with van der Waals surface area (Å²) < 4.78 is 0. The van der Waals surface area contributed by atoms with Crippen LogP contribution in [0.3, 0.4) is 0 Å². The standard InChI is InChI=1S/C11H18N4/c1-9(2)10-3-4-13-11(14-10)15-7-5-12-6-8-15/h3-4,9,12H,5-8H2,1-2H3. The van der Waals surface area contributed by atoms with E-state index in [9.17, 15) is 0 Å². The van der Waals surface area contributed by atoms with Gasteiger partial charge in [0.2, 0.25) is 5.95 Å². The van der Waals surface area contributed by atoms with Gasteiger partial charge in [-0.3, -0.25) is 0 Å². The summed E-state index contributed by atoms with van der Waals surface area (Å²) in [5.41, 5.74) is 1.12. The maximum absolute atomic E-state index is 4.58. The quantitative estimate of drug-likeness (QED) is 0.784. The van der Waals surface area contributed by atoms with Crippen molar-refractivity contribution in [1.29, 1.82) is 0 Å². The van der Waals surface area contributed by atoms with Crippen molar-refractivity contribution in [3.63, 3.8) is 0 Å². The fourth-order valence-electron chi connectivity index (χ4n) is 1.70. The van der Waals surface area contributed by atoms with Crippen LogP contribution in [0.25, 0.3) is 0 Å². The molecule has 1 aromatic heterocycles. The fraction of sp³-hybridized carbons (Fsp3) is 0.636. The second-order valence-electron chi connectivity index (χ2n) is 4.17. The van der Waals surface area contributed by atoms with Gasteiger partial charge in [-0.1, -0.05) is 13.8 Å². The monoisotopic (exact) mass is 206 g/mol. The molecular formula is C11H18N4. The van der Waals surface area contributed by atoms with Crippen LogP contribution in [-0.4, -0.2) is 36.1 Å². The average molecular weight is 206 g/mol. The predicted molar refractivity (Wildman–Crippen MR) is 61.2 cm³/mol. The Morgan fingerprint density at radius 3 is 2.73 bits per heavy atom. The van der Waals surface area contributed by atoms with E-state index in [4.69, 9.17) is 0 Å². The minimum absolute atomic E-state index is 0.467. The highest BCUT2D eigenvalue weighted by molar-refractivity contribution is 5.31. The van der Waals surface area contributed by atoms with E-state index in [0.29, 0.717) is 5.92 Å². The van der Waals surface area contributed by atoms with E-state index < -0.39 is 0 Å². The topological polar surface area (TPSA) is 41.1 Å². The second-order valence-corrected chi connectivity index (χ2v) is 4.17. The number of rotatable bonds is 2. The number of hydrogen-bond acceptors (Lipinski definition) is 4. The lowest BCUT2D eigenvalue weighted by molar-refractivity contribution is 0.578. The largest absolute Gasteiger partial charge is 0.338 e. The molecule has 0 aromatic carbocycles. The maximum Gasteiger partial charge on any atom is 0.225 e. The van der Waals surface area contributed by atoms with E-state index in [2.05, 4.69) is 34.0 Å². The Labute approximate surface area is 90.7 Å². The number of hydrogen-bond donors (Lipinski definition) is 1. The lowest BCUT2D eigenvalue weighted by atomic mass is 10.1. The molecule has 0 spiro atoms. The second kappa shape index (κ2) is 4.57. The summed E-state index contributed by atoms with van der Waals surface area (Å²) in [5, 5.41) is 3.32. The van der Waals surface area contributed by atoms with Crippen LogP contribution < -0.4 is 10.2 Å². The van der Waals surface area contributed by atoms with Gasteiger partial charge < -0.3 is 10.2 Å². The van der Waals surface area contributed by atoms with Gasteiger partial charge >= 0.3 is 0 Å². The summed E-state index contributed by atoms with van der Waals surface area (Å²) in [7, 11) is 0. The third-order valence-corrected chi connectivity index (χ3v) is 2.66. The Balaban J connectivity index is 2.16. The van der Waals surface area contributed by atoms with E-state index in [1.165, 1.54) is 0 Å². The van der Waals surface area contributed by atoms with Gasteiger partial charge in [0, 0.05) is 38.1 Å². The van der Waals surface area contributed by atoms with Gasteiger partial charge in [0.15, 0.2) is 0 Å². The Morgan fingerprint density at radius 1 is 1.33 bits per heavy atom. The zero-order valence-electron chi connectivity index (χ0n) is 9.40. The number of nitrogens with one attached hydrogen (secondary N) is 1. The van der Waals surface area contributed by atoms with Crippen molar-refractivity contribution in [3.8, 4) is 0 Å². The van der Waals surface area contributed by atoms with E-state index >= 15 is 0 Å². The molecule has 4 nitrogen and oxygen atoms in total. The molecule has 2 rings (SSSR count). The fourth-order valence-corrected chi connectivity index (χ4v) is 1.70. The van der Waals surface area contributed by atoms with Gasteiger partial charge in [0.05, 0.1) is 0 Å². The predicted octanol–water partition coefficient (Wildman–Crippen LogP) is 1.01. The molecule has 0 atom stereocenters. The minimum atomic E-state index is 0.467. The molecule has 0 radical (unpaired) electrons. The summed E-state index contributed by atoms with van der Waals surface area (Å²) in [6.45, 7) is 8.36. The van der Waals surface area contributed by atoms with Gasteiger partial charge in [-0.05, 0) is 12.0 Å². The van der Waals surface area contributed by atoms with Crippen molar-refractivity contribution < 1.29 is 0 Å². The molecule has 1 aliphatic rings. The lowest BCUT2D eigenvalue weighted by Crippen LogP contribution is -2.44. The third kappa shape index (κ3) is 2.45. The van der Waals surface area contributed by atoms with Gasteiger partial charge in [-0.15, -0.1) is 0 Å². The molecule has 0 bridgehead atoms. The van der Waals surface area contributed by atoms with Gasteiger partial charge in [0.25, 0.3) is 0 Å². The minimum Gasteiger partial charge on any atom is -0.338 e. The maximum atomic E-state index is 4.58. The highest BCUT2D eigenvalue weighted by Crippen LogP contribution is 2.14. The molecule has 1 aromatic rings. The number of nitrogens with zero attached hydrogens (tertiary/aromatic N) is 3. The Bertz CT molecular complexity index is 318. The molecule has 0 aliphatic carbocycles. The summed E-state index contributed by atoms with van der Waals surface area (Å²) in [4.78, 5) is 11.2. The average Bonchev–Trinajstić information content (AvgIpc) is 2.30. The zero-order chi connectivity index (χ0) is 10.7. The first-order valence-electron chi connectivity index (χ1n) is 5.56. The SMILES string of the molecule is CC(C)c1ccnc(N2CCNCC2)n1. The normalized spacial score (nSPS) is 17.1. The third-order valence-electron chi connectivity index (χ3n) is 2.66. The summed E-state index contributed by atoms with van der Waals surface area (Å²) in [6.07, 6.45) is 1.86. The van der Waals surface area contributed by atoms with E-state index in [1.807, 2.05) is 12.3 Å². The molecule has 15 heavy (non-hydrogen) atoms. The van der Waals surface area contributed by atoms with Crippen LogP contribution in [0.15, 0.2) is 12.3 Å². The molecule has 0 unspecified atom stereocenters. The Hall–Kier alpha value is -1.16. The van der Waals surface area contributed by atoms with Crippen molar-refractivity contribution in [2.45, 2.75) is 19.8 Å². The van der Waals surface area contributed by atoms with Crippen LogP contribution in [0.4, 0.5) is 5.95 Å². The van der Waals surface area contributed by atoms with E-state index in [1.54, 1.807) is 0 Å². The first-order valence-corrected chi connectivity index (χ1v) is 5.56. The summed E-state index contributed by atoms with van der Waals surface area (Å²) >= 11 is 0. The highest BCUT2D eigenvalue weighted by atomic mass is 15.3. The number of piperazine rings is 1. The van der Waals surface area contributed by atoms with E-state index in [-0.39, 0.29) is 0 Å². The molecule has 1 N–H and O–H groups in total. The van der Waals surface area contributed by atoms with Gasteiger partial charge in [-0.25, -0.2) is 9.97 Å². The Kier molecular flexibility index (Phi) is 3.16. The number of aromatic nitrogens is 2. The lowest BCUT2D eigenvalue weighted by Gasteiger charge is -2.27. The summed E-state index contributed by atoms with van der Waals surface area (Å²) in [5.74, 6) is 1.34. The van der Waals surface area contributed by atoms with Crippen molar-refractivity contribution in [3.05, 3.63) is 18.0 Å². The van der Waals surface area contributed by atoms with Crippen molar-refractivity contribution in [2.24, 2.45) is 0 Å². The van der Waals surface area contributed by atoms with Crippen LogP contribution in [-0.2, 0) is 0 Å².